The van der Waals surface area contributed by atoms with Crippen LogP contribution < -0.4 is 5.32 Å². The average molecular weight is 277 g/mol. The number of aromatic nitrogens is 2. The third-order valence-electron chi connectivity index (χ3n) is 2.67. The van der Waals surface area contributed by atoms with E-state index in [4.69, 9.17) is 0 Å². The summed E-state index contributed by atoms with van der Waals surface area (Å²) in [7, 11) is -3.19. The lowest BCUT2D eigenvalue weighted by Crippen LogP contribution is -2.09. The highest BCUT2D eigenvalue weighted by molar-refractivity contribution is 7.90. The molecule has 100 valence electrons. The van der Waals surface area contributed by atoms with E-state index in [2.05, 4.69) is 15.3 Å². The summed E-state index contributed by atoms with van der Waals surface area (Å²) in [6, 6.07) is 6.67. The fraction of sp³-hybridized carbons (Fsp3) is 0.231. The van der Waals surface area contributed by atoms with Gasteiger partial charge in [0.25, 0.3) is 0 Å². The van der Waals surface area contributed by atoms with Crippen molar-refractivity contribution in [2.24, 2.45) is 0 Å². The molecule has 0 bridgehead atoms. The number of hydrogen-bond donors (Lipinski definition) is 1. The molecular formula is C13H15N3O2S. The number of nitrogens with zero attached hydrogens (tertiary/aromatic N) is 2. The van der Waals surface area contributed by atoms with Crippen LogP contribution in [0.4, 0.5) is 5.69 Å². The first kappa shape index (κ1) is 13.5. The van der Waals surface area contributed by atoms with Crippen LogP contribution in [-0.2, 0) is 9.84 Å². The van der Waals surface area contributed by atoms with Gasteiger partial charge in [-0.15, -0.1) is 0 Å². The van der Waals surface area contributed by atoms with Gasteiger partial charge in [0, 0.05) is 24.3 Å². The molecule has 0 aliphatic heterocycles. The third-order valence-corrected chi connectivity index (χ3v) is 3.78. The van der Waals surface area contributed by atoms with Crippen molar-refractivity contribution < 1.29 is 8.42 Å². The summed E-state index contributed by atoms with van der Waals surface area (Å²) in [5, 5.41) is 3.20. The zero-order valence-corrected chi connectivity index (χ0v) is 11.6. The smallest absolute Gasteiger partial charge is 0.175 e. The van der Waals surface area contributed by atoms with E-state index in [1.54, 1.807) is 36.8 Å². The lowest BCUT2D eigenvalue weighted by molar-refractivity contribution is 0.602. The molecule has 1 aromatic heterocycles. The fourth-order valence-electron chi connectivity index (χ4n) is 1.67. The van der Waals surface area contributed by atoms with E-state index in [-0.39, 0.29) is 6.04 Å². The standard InChI is InChI=1S/C13H15N3O2S/c1-10(13-9-14-6-7-15-13)16-11-4-3-5-12(8-11)19(2,17)18/h3-10,16H,1-2H3. The van der Waals surface area contributed by atoms with Crippen molar-refractivity contribution in [3.63, 3.8) is 0 Å². The SMILES string of the molecule is CC(Nc1cccc(S(C)(=O)=O)c1)c1cnccn1. The monoisotopic (exact) mass is 277 g/mol. The second kappa shape index (κ2) is 5.36. The van der Waals surface area contributed by atoms with Crippen molar-refractivity contribution in [3.05, 3.63) is 48.5 Å². The van der Waals surface area contributed by atoms with Crippen molar-refractivity contribution in [2.75, 3.05) is 11.6 Å². The first-order valence-electron chi connectivity index (χ1n) is 5.79. The Morgan fingerprint density at radius 3 is 2.68 bits per heavy atom. The van der Waals surface area contributed by atoms with Gasteiger partial charge in [0.2, 0.25) is 0 Å². The summed E-state index contributed by atoms with van der Waals surface area (Å²) in [6.07, 6.45) is 6.11. The molecule has 0 aliphatic rings. The van der Waals surface area contributed by atoms with Gasteiger partial charge in [0.15, 0.2) is 9.84 Å². The predicted octanol–water partition coefficient (Wildman–Crippen LogP) is 2.05. The summed E-state index contributed by atoms with van der Waals surface area (Å²) in [5.41, 5.74) is 1.54. The molecule has 19 heavy (non-hydrogen) atoms. The highest BCUT2D eigenvalue weighted by atomic mass is 32.2. The Morgan fingerprint density at radius 1 is 1.26 bits per heavy atom. The zero-order valence-electron chi connectivity index (χ0n) is 10.7. The lowest BCUT2D eigenvalue weighted by atomic mass is 10.2. The molecule has 0 aliphatic carbocycles. The zero-order chi connectivity index (χ0) is 13.9. The maximum atomic E-state index is 11.5. The Hall–Kier alpha value is -1.95. The van der Waals surface area contributed by atoms with Crippen LogP contribution in [-0.4, -0.2) is 24.6 Å². The molecule has 1 aromatic carbocycles. The summed E-state index contributed by atoms with van der Waals surface area (Å²) in [4.78, 5) is 8.50. The van der Waals surface area contributed by atoms with Gasteiger partial charge in [-0.1, -0.05) is 6.07 Å². The maximum absolute atomic E-state index is 11.5. The molecule has 1 N–H and O–H groups in total. The molecule has 2 rings (SSSR count). The normalized spacial score (nSPS) is 12.9. The van der Waals surface area contributed by atoms with E-state index in [0.29, 0.717) is 4.90 Å². The molecule has 0 saturated heterocycles. The van der Waals surface area contributed by atoms with Crippen LogP contribution in [0.15, 0.2) is 47.8 Å². The van der Waals surface area contributed by atoms with Gasteiger partial charge in [-0.05, 0) is 25.1 Å². The molecule has 6 heteroatoms. The van der Waals surface area contributed by atoms with Crippen molar-refractivity contribution in [3.8, 4) is 0 Å². The number of hydrogen-bond acceptors (Lipinski definition) is 5. The molecule has 0 saturated carbocycles. The Morgan fingerprint density at radius 2 is 2.05 bits per heavy atom. The molecule has 0 amide bonds. The van der Waals surface area contributed by atoms with E-state index < -0.39 is 9.84 Å². The second-order valence-corrected chi connectivity index (χ2v) is 6.31. The Balaban J connectivity index is 2.20. The minimum atomic E-state index is -3.19. The molecule has 1 unspecified atom stereocenters. The Labute approximate surface area is 112 Å². The van der Waals surface area contributed by atoms with Gasteiger partial charge in [-0.3, -0.25) is 9.97 Å². The van der Waals surface area contributed by atoms with Gasteiger partial charge >= 0.3 is 0 Å². The van der Waals surface area contributed by atoms with Crippen LogP contribution in [0, 0.1) is 0 Å². The van der Waals surface area contributed by atoms with Crippen molar-refractivity contribution in [2.45, 2.75) is 17.9 Å². The van der Waals surface area contributed by atoms with Gasteiger partial charge in [0.1, 0.15) is 0 Å². The van der Waals surface area contributed by atoms with Crippen LogP contribution in [0.25, 0.3) is 0 Å². The molecule has 1 atom stereocenters. The number of sulfone groups is 1. The first-order valence-corrected chi connectivity index (χ1v) is 7.68. The van der Waals surface area contributed by atoms with E-state index in [9.17, 15) is 8.42 Å². The van der Waals surface area contributed by atoms with Gasteiger partial charge in [-0.25, -0.2) is 8.42 Å². The number of nitrogens with one attached hydrogen (secondary N) is 1. The molecule has 0 radical (unpaired) electrons. The highest BCUT2D eigenvalue weighted by Gasteiger charge is 2.10. The molecule has 0 fully saturated rings. The largest absolute Gasteiger partial charge is 0.377 e. The van der Waals surface area contributed by atoms with Crippen molar-refractivity contribution >= 4 is 15.5 Å². The quantitative estimate of drug-likeness (QED) is 0.926. The molecule has 2 aromatic rings. The highest BCUT2D eigenvalue weighted by Crippen LogP contribution is 2.20. The maximum Gasteiger partial charge on any atom is 0.175 e. The molecular weight excluding hydrogens is 262 g/mol. The van der Waals surface area contributed by atoms with Crippen LogP contribution >= 0.6 is 0 Å². The second-order valence-electron chi connectivity index (χ2n) is 4.30. The third kappa shape index (κ3) is 3.51. The number of rotatable bonds is 4. The van der Waals surface area contributed by atoms with Crippen LogP contribution in [0.2, 0.25) is 0 Å². The predicted molar refractivity (Wildman–Crippen MR) is 73.6 cm³/mol. The summed E-state index contributed by atoms with van der Waals surface area (Å²) in [6.45, 7) is 1.94. The van der Waals surface area contributed by atoms with Crippen LogP contribution in [0.5, 0.6) is 0 Å². The summed E-state index contributed by atoms with van der Waals surface area (Å²) < 4.78 is 23.0. The van der Waals surface area contributed by atoms with E-state index in [0.717, 1.165) is 11.4 Å². The lowest BCUT2D eigenvalue weighted by Gasteiger charge is -2.14. The summed E-state index contributed by atoms with van der Waals surface area (Å²) in [5.74, 6) is 0. The van der Waals surface area contributed by atoms with Gasteiger partial charge in [0.05, 0.1) is 22.8 Å². The topological polar surface area (TPSA) is 72.0 Å². The average Bonchev–Trinajstić information content (AvgIpc) is 2.39. The minimum Gasteiger partial charge on any atom is -0.377 e. The van der Waals surface area contributed by atoms with Gasteiger partial charge < -0.3 is 5.32 Å². The minimum absolute atomic E-state index is 0.0523. The number of benzene rings is 1. The summed E-state index contributed by atoms with van der Waals surface area (Å²) >= 11 is 0. The molecule has 1 heterocycles. The Bertz CT molecular complexity index is 657. The molecule has 0 spiro atoms. The van der Waals surface area contributed by atoms with E-state index in [1.165, 1.54) is 6.26 Å². The Kier molecular flexibility index (Phi) is 3.80. The number of anilines is 1. The van der Waals surface area contributed by atoms with Gasteiger partial charge in [-0.2, -0.15) is 0 Å². The van der Waals surface area contributed by atoms with Crippen molar-refractivity contribution in [1.82, 2.24) is 9.97 Å². The van der Waals surface area contributed by atoms with E-state index in [1.807, 2.05) is 13.0 Å². The van der Waals surface area contributed by atoms with Crippen molar-refractivity contribution in [1.29, 1.82) is 0 Å². The van der Waals surface area contributed by atoms with Crippen LogP contribution in [0.3, 0.4) is 0 Å². The van der Waals surface area contributed by atoms with Crippen LogP contribution in [0.1, 0.15) is 18.7 Å². The molecule has 5 nitrogen and oxygen atoms in total. The van der Waals surface area contributed by atoms with E-state index >= 15 is 0 Å². The fourth-order valence-corrected chi connectivity index (χ4v) is 2.34. The first-order chi connectivity index (χ1) is 8.97.